The Hall–Kier alpha value is -2.12. The fourth-order valence-electron chi connectivity index (χ4n) is 1.77. The fourth-order valence-corrected chi connectivity index (χ4v) is 1.77. The van der Waals surface area contributed by atoms with Gasteiger partial charge in [-0.3, -0.25) is 9.59 Å². The Balaban J connectivity index is 3.08. The van der Waals surface area contributed by atoms with Crippen molar-refractivity contribution in [2.24, 2.45) is 0 Å². The summed E-state index contributed by atoms with van der Waals surface area (Å²) in [5.41, 5.74) is 4.41. The van der Waals surface area contributed by atoms with Crippen molar-refractivity contribution in [3.05, 3.63) is 46.9 Å². The van der Waals surface area contributed by atoms with Crippen LogP contribution in [0.5, 0.6) is 0 Å². The number of esters is 1. The van der Waals surface area contributed by atoms with Crippen molar-refractivity contribution in [2.45, 2.75) is 40.0 Å². The zero-order chi connectivity index (χ0) is 15.0. The van der Waals surface area contributed by atoms with Crippen molar-refractivity contribution < 1.29 is 14.3 Å². The Morgan fingerprint density at radius 3 is 2.55 bits per heavy atom. The molecule has 1 rings (SSSR count). The van der Waals surface area contributed by atoms with Crippen LogP contribution in [0.3, 0.4) is 0 Å². The quantitative estimate of drug-likeness (QED) is 0.338. The number of carbonyl (C=O) groups is 2. The first-order valence-corrected chi connectivity index (χ1v) is 6.78. The summed E-state index contributed by atoms with van der Waals surface area (Å²) in [6.45, 7) is 4.97. The van der Waals surface area contributed by atoms with Gasteiger partial charge in [-0.05, 0) is 25.0 Å². The van der Waals surface area contributed by atoms with E-state index in [0.29, 0.717) is 17.7 Å². The third-order valence-corrected chi connectivity index (χ3v) is 2.75. The van der Waals surface area contributed by atoms with Crippen LogP contribution in [0.2, 0.25) is 0 Å². The lowest BCUT2D eigenvalue weighted by Gasteiger charge is -2.03. The van der Waals surface area contributed by atoms with Crippen LogP contribution in [0.1, 0.15) is 56.0 Å². The Kier molecular flexibility index (Phi) is 6.48. The van der Waals surface area contributed by atoms with Crippen LogP contribution in [0, 0.1) is 0 Å². The highest BCUT2D eigenvalue weighted by Crippen LogP contribution is 2.13. The first-order chi connectivity index (χ1) is 9.54. The van der Waals surface area contributed by atoms with Gasteiger partial charge in [-0.1, -0.05) is 43.3 Å². The fraction of sp³-hybridized carbons (Fsp3) is 0.353. The molecule has 0 aliphatic carbocycles. The monoisotopic (exact) mass is 272 g/mol. The summed E-state index contributed by atoms with van der Waals surface area (Å²) in [4.78, 5) is 22.6. The molecule has 3 heteroatoms. The van der Waals surface area contributed by atoms with Gasteiger partial charge in [0.15, 0.2) is 5.78 Å². The molecule has 0 N–H and O–H groups in total. The van der Waals surface area contributed by atoms with E-state index < -0.39 is 0 Å². The van der Waals surface area contributed by atoms with Crippen LogP contribution in [-0.2, 0) is 9.53 Å². The first-order valence-electron chi connectivity index (χ1n) is 6.78. The molecule has 0 radical (unpaired) electrons. The van der Waals surface area contributed by atoms with Gasteiger partial charge in [0.2, 0.25) is 0 Å². The van der Waals surface area contributed by atoms with Gasteiger partial charge in [0.05, 0.1) is 0 Å². The minimum absolute atomic E-state index is 0.00115. The van der Waals surface area contributed by atoms with Gasteiger partial charge in [0, 0.05) is 18.9 Å². The van der Waals surface area contributed by atoms with Gasteiger partial charge >= 0.3 is 5.97 Å². The largest absolute Gasteiger partial charge is 0.423 e. The minimum atomic E-state index is -0.350. The van der Waals surface area contributed by atoms with Crippen molar-refractivity contribution in [3.8, 4) is 0 Å². The van der Waals surface area contributed by atoms with Crippen LogP contribution < -0.4 is 0 Å². The van der Waals surface area contributed by atoms with Crippen molar-refractivity contribution in [1.29, 1.82) is 0 Å². The molecule has 0 aliphatic rings. The van der Waals surface area contributed by atoms with E-state index in [2.05, 4.69) is 12.7 Å². The molecule has 0 unspecified atom stereocenters. The first kappa shape index (κ1) is 15.9. The van der Waals surface area contributed by atoms with Gasteiger partial charge in [-0.2, -0.15) is 0 Å². The summed E-state index contributed by atoms with van der Waals surface area (Å²) in [7, 11) is 0. The van der Waals surface area contributed by atoms with Crippen molar-refractivity contribution >= 4 is 17.8 Å². The summed E-state index contributed by atoms with van der Waals surface area (Å²) >= 11 is 0. The number of rotatable bonds is 6. The number of benzene rings is 1. The molecule has 1 aromatic rings. The second-order valence-corrected chi connectivity index (χ2v) is 4.55. The van der Waals surface area contributed by atoms with E-state index >= 15 is 0 Å². The number of hydrogen-bond donors (Lipinski definition) is 0. The lowest BCUT2D eigenvalue weighted by atomic mass is 10.0. The maximum atomic E-state index is 11.5. The Bertz CT molecular complexity index is 549. The summed E-state index contributed by atoms with van der Waals surface area (Å²) in [5, 5.41) is 0. The van der Waals surface area contributed by atoms with E-state index in [1.165, 1.54) is 13.8 Å². The highest BCUT2D eigenvalue weighted by molar-refractivity contribution is 5.97. The number of allylic oxidation sites excluding steroid dienone is 1. The van der Waals surface area contributed by atoms with E-state index in [-0.39, 0.29) is 11.8 Å². The van der Waals surface area contributed by atoms with Crippen LogP contribution in [0.25, 0.3) is 6.08 Å². The minimum Gasteiger partial charge on any atom is -0.423 e. The van der Waals surface area contributed by atoms with E-state index in [4.69, 9.17) is 4.74 Å². The average molecular weight is 272 g/mol. The summed E-state index contributed by atoms with van der Waals surface area (Å²) < 4.78 is 5.12. The lowest BCUT2D eigenvalue weighted by molar-refractivity contribution is -0.137. The number of ketones is 1. The van der Waals surface area contributed by atoms with Crippen LogP contribution in [0.15, 0.2) is 35.8 Å². The molecular formula is C17H20O3. The van der Waals surface area contributed by atoms with Crippen molar-refractivity contribution in [1.82, 2.24) is 0 Å². The Morgan fingerprint density at radius 2 is 1.95 bits per heavy atom. The smallest absolute Gasteiger partial charge is 0.308 e. The molecule has 106 valence electrons. The lowest BCUT2D eigenvalue weighted by Crippen LogP contribution is -1.98. The second kappa shape index (κ2) is 8.13. The zero-order valence-corrected chi connectivity index (χ0v) is 12.2. The average Bonchev–Trinajstić information content (AvgIpc) is 2.41. The number of unbranched alkanes of at least 4 members (excludes halogenated alkanes) is 1. The van der Waals surface area contributed by atoms with E-state index in [1.54, 1.807) is 12.1 Å². The maximum absolute atomic E-state index is 11.5. The third kappa shape index (κ3) is 5.25. The molecule has 0 bridgehead atoms. The SMILES string of the molecule is CCCCC(=C=Cc1ccccc1C(C)=O)OC(C)=O. The number of ether oxygens (including phenoxy) is 1. The zero-order valence-electron chi connectivity index (χ0n) is 12.2. The molecule has 0 atom stereocenters. The Labute approximate surface area is 120 Å². The number of carbonyl (C=O) groups excluding carboxylic acids is 2. The highest BCUT2D eigenvalue weighted by Gasteiger charge is 2.04. The highest BCUT2D eigenvalue weighted by atomic mass is 16.5. The van der Waals surface area contributed by atoms with Gasteiger partial charge in [0.1, 0.15) is 5.76 Å². The molecule has 0 saturated carbocycles. The molecule has 0 amide bonds. The van der Waals surface area contributed by atoms with Gasteiger partial charge < -0.3 is 4.74 Å². The van der Waals surface area contributed by atoms with Gasteiger partial charge in [0.25, 0.3) is 0 Å². The molecule has 3 nitrogen and oxygen atoms in total. The van der Waals surface area contributed by atoms with Crippen molar-refractivity contribution in [2.75, 3.05) is 0 Å². The summed E-state index contributed by atoms with van der Waals surface area (Å²) in [6, 6.07) is 7.29. The standard InChI is InChI=1S/C17H20O3/c1-4-5-9-16(20-14(3)19)12-11-15-8-6-7-10-17(15)13(2)18/h6-8,10-11H,4-5,9H2,1-3H3. The van der Waals surface area contributed by atoms with Gasteiger partial charge in [-0.15, -0.1) is 0 Å². The Morgan fingerprint density at radius 1 is 1.25 bits per heavy atom. The predicted octanol–water partition coefficient (Wildman–Crippen LogP) is 4.14. The maximum Gasteiger partial charge on any atom is 0.308 e. The van der Waals surface area contributed by atoms with Crippen LogP contribution >= 0.6 is 0 Å². The number of Topliss-reactive ketones (excluding diaryl/α,β-unsaturated/α-hetero) is 1. The third-order valence-electron chi connectivity index (χ3n) is 2.75. The summed E-state index contributed by atoms with van der Waals surface area (Å²) in [6.07, 6.45) is 4.30. The molecule has 0 fully saturated rings. The van der Waals surface area contributed by atoms with E-state index in [1.807, 2.05) is 18.2 Å². The molecule has 0 saturated heterocycles. The number of hydrogen-bond acceptors (Lipinski definition) is 3. The molecular weight excluding hydrogens is 252 g/mol. The van der Waals surface area contributed by atoms with E-state index in [0.717, 1.165) is 18.4 Å². The van der Waals surface area contributed by atoms with Crippen LogP contribution in [-0.4, -0.2) is 11.8 Å². The molecule has 1 aromatic carbocycles. The normalized spacial score (nSPS) is 9.55. The molecule has 0 aromatic heterocycles. The van der Waals surface area contributed by atoms with Crippen molar-refractivity contribution in [3.63, 3.8) is 0 Å². The molecule has 20 heavy (non-hydrogen) atoms. The topological polar surface area (TPSA) is 43.4 Å². The molecule has 0 spiro atoms. The molecule has 0 heterocycles. The predicted molar refractivity (Wildman–Crippen MR) is 79.2 cm³/mol. The second-order valence-electron chi connectivity index (χ2n) is 4.55. The van der Waals surface area contributed by atoms with Crippen LogP contribution in [0.4, 0.5) is 0 Å². The van der Waals surface area contributed by atoms with E-state index in [9.17, 15) is 9.59 Å². The summed E-state index contributed by atoms with van der Waals surface area (Å²) in [5.74, 6) is 0.163. The molecule has 0 aliphatic heterocycles. The van der Waals surface area contributed by atoms with Gasteiger partial charge in [-0.25, -0.2) is 0 Å².